The highest BCUT2D eigenvalue weighted by Crippen LogP contribution is 2.28. The molecule has 1 aliphatic rings. The first-order valence-electron chi connectivity index (χ1n) is 8.20. The number of hydrogen-bond acceptors (Lipinski definition) is 2. The lowest BCUT2D eigenvalue weighted by Gasteiger charge is -2.30. The molecule has 0 saturated heterocycles. The van der Waals surface area contributed by atoms with Gasteiger partial charge >= 0.3 is 0 Å². The number of methoxy groups -OCH3 is 1. The molecule has 1 heterocycles. The summed E-state index contributed by atoms with van der Waals surface area (Å²) in [6.45, 7) is 2.93. The minimum Gasteiger partial charge on any atom is -0.497 e. The molecule has 1 amide bonds. The molecule has 0 aromatic heterocycles. The van der Waals surface area contributed by atoms with Crippen LogP contribution >= 0.6 is 0 Å². The molecule has 2 aromatic rings. The van der Waals surface area contributed by atoms with Crippen molar-refractivity contribution in [3.05, 3.63) is 59.2 Å². The quantitative estimate of drug-likeness (QED) is 0.857. The van der Waals surface area contributed by atoms with Crippen LogP contribution in [-0.2, 0) is 17.6 Å². The van der Waals surface area contributed by atoms with E-state index in [1.165, 1.54) is 11.1 Å². The van der Waals surface area contributed by atoms with Gasteiger partial charge in [0.1, 0.15) is 5.75 Å². The molecule has 0 unspecified atom stereocenters. The molecule has 2 aromatic carbocycles. The van der Waals surface area contributed by atoms with E-state index in [4.69, 9.17) is 4.74 Å². The highest BCUT2D eigenvalue weighted by Gasteiger charge is 2.22. The van der Waals surface area contributed by atoms with Gasteiger partial charge in [0.15, 0.2) is 0 Å². The second kappa shape index (κ2) is 6.86. The largest absolute Gasteiger partial charge is 0.497 e. The van der Waals surface area contributed by atoms with Crippen molar-refractivity contribution in [3.63, 3.8) is 0 Å². The number of rotatable bonds is 4. The highest BCUT2D eigenvalue weighted by molar-refractivity contribution is 5.94. The Kier molecular flexibility index (Phi) is 4.65. The Labute approximate surface area is 137 Å². The Morgan fingerprint density at radius 2 is 2.09 bits per heavy atom. The predicted molar refractivity (Wildman–Crippen MR) is 93.2 cm³/mol. The Morgan fingerprint density at radius 1 is 1.22 bits per heavy atom. The van der Waals surface area contributed by atoms with Gasteiger partial charge in [-0.2, -0.15) is 0 Å². The summed E-state index contributed by atoms with van der Waals surface area (Å²) in [4.78, 5) is 14.6. The number of carbonyl (C=O) groups excluding carboxylic acids is 1. The standard InChI is InChI=1S/C20H23NO2/c1-15-8-10-19-17(13-15)6-4-12-21(19)20(22)11-9-16-5-3-7-18(14-16)23-2/h3,5,7-8,10,13-14H,4,6,9,11-12H2,1-2H3. The fourth-order valence-electron chi connectivity index (χ4n) is 3.20. The molecular formula is C20H23NO2. The van der Waals surface area contributed by atoms with Crippen molar-refractivity contribution in [1.29, 1.82) is 0 Å². The molecular weight excluding hydrogens is 286 g/mol. The molecule has 1 aliphatic heterocycles. The zero-order chi connectivity index (χ0) is 16.2. The van der Waals surface area contributed by atoms with E-state index >= 15 is 0 Å². The minimum absolute atomic E-state index is 0.206. The number of nitrogens with zero attached hydrogens (tertiary/aromatic N) is 1. The van der Waals surface area contributed by atoms with Gasteiger partial charge in [-0.15, -0.1) is 0 Å². The van der Waals surface area contributed by atoms with E-state index < -0.39 is 0 Å². The average Bonchev–Trinajstić information content (AvgIpc) is 2.59. The first-order chi connectivity index (χ1) is 11.2. The number of amides is 1. The van der Waals surface area contributed by atoms with Crippen LogP contribution in [-0.4, -0.2) is 19.6 Å². The smallest absolute Gasteiger partial charge is 0.227 e. The van der Waals surface area contributed by atoms with Crippen molar-refractivity contribution in [1.82, 2.24) is 0 Å². The summed E-state index contributed by atoms with van der Waals surface area (Å²) in [7, 11) is 1.66. The summed E-state index contributed by atoms with van der Waals surface area (Å²) in [6.07, 6.45) is 3.38. The van der Waals surface area contributed by atoms with E-state index in [0.29, 0.717) is 6.42 Å². The van der Waals surface area contributed by atoms with Crippen molar-refractivity contribution in [3.8, 4) is 5.75 Å². The number of carbonyl (C=O) groups is 1. The Hall–Kier alpha value is -2.29. The van der Waals surface area contributed by atoms with E-state index in [1.807, 2.05) is 29.2 Å². The number of ether oxygens (including phenoxy) is 1. The van der Waals surface area contributed by atoms with Crippen molar-refractivity contribution in [2.45, 2.75) is 32.6 Å². The second-order valence-electron chi connectivity index (χ2n) is 6.13. The van der Waals surface area contributed by atoms with E-state index in [1.54, 1.807) is 7.11 Å². The molecule has 3 nitrogen and oxygen atoms in total. The van der Waals surface area contributed by atoms with Crippen molar-refractivity contribution >= 4 is 11.6 Å². The number of benzene rings is 2. The molecule has 0 aliphatic carbocycles. The van der Waals surface area contributed by atoms with Crippen LogP contribution in [0.1, 0.15) is 29.5 Å². The van der Waals surface area contributed by atoms with Gasteiger partial charge in [-0.05, 0) is 55.5 Å². The van der Waals surface area contributed by atoms with Crippen LogP contribution < -0.4 is 9.64 Å². The molecule has 0 fully saturated rings. The Balaban J connectivity index is 1.69. The van der Waals surface area contributed by atoms with E-state index in [9.17, 15) is 4.79 Å². The summed E-state index contributed by atoms with van der Waals surface area (Å²) in [5.74, 6) is 1.05. The second-order valence-corrected chi connectivity index (χ2v) is 6.13. The number of aryl methyl sites for hydroxylation is 3. The monoisotopic (exact) mass is 309 g/mol. The van der Waals surface area contributed by atoms with Crippen LogP contribution in [0.4, 0.5) is 5.69 Å². The van der Waals surface area contributed by atoms with Crippen molar-refractivity contribution < 1.29 is 9.53 Å². The lowest BCUT2D eigenvalue weighted by molar-refractivity contribution is -0.118. The third kappa shape index (κ3) is 3.55. The fraction of sp³-hybridized carbons (Fsp3) is 0.350. The normalized spacial score (nSPS) is 13.6. The topological polar surface area (TPSA) is 29.5 Å². The molecule has 120 valence electrons. The maximum absolute atomic E-state index is 12.7. The maximum atomic E-state index is 12.7. The lowest BCUT2D eigenvalue weighted by Crippen LogP contribution is -2.35. The van der Waals surface area contributed by atoms with Crippen LogP contribution in [0.15, 0.2) is 42.5 Å². The zero-order valence-electron chi connectivity index (χ0n) is 13.8. The molecule has 0 bridgehead atoms. The molecule has 0 saturated carbocycles. The van der Waals surface area contributed by atoms with Crippen molar-refractivity contribution in [2.75, 3.05) is 18.6 Å². The van der Waals surface area contributed by atoms with E-state index in [0.717, 1.165) is 42.8 Å². The van der Waals surface area contributed by atoms with Gasteiger partial charge in [-0.1, -0.05) is 29.8 Å². The van der Waals surface area contributed by atoms with Crippen LogP contribution in [0.5, 0.6) is 5.75 Å². The third-order valence-electron chi connectivity index (χ3n) is 4.42. The third-order valence-corrected chi connectivity index (χ3v) is 4.42. The van der Waals surface area contributed by atoms with Gasteiger partial charge < -0.3 is 9.64 Å². The fourth-order valence-corrected chi connectivity index (χ4v) is 3.20. The number of fused-ring (bicyclic) bond motifs is 1. The summed E-state index contributed by atoms with van der Waals surface area (Å²) in [5.41, 5.74) is 4.79. The van der Waals surface area contributed by atoms with Gasteiger partial charge in [0.05, 0.1) is 7.11 Å². The summed E-state index contributed by atoms with van der Waals surface area (Å²) in [5, 5.41) is 0. The van der Waals surface area contributed by atoms with Gasteiger partial charge in [0.25, 0.3) is 0 Å². The van der Waals surface area contributed by atoms with Crippen LogP contribution in [0.25, 0.3) is 0 Å². The lowest BCUT2D eigenvalue weighted by atomic mass is 9.99. The van der Waals surface area contributed by atoms with Crippen LogP contribution in [0.2, 0.25) is 0 Å². The highest BCUT2D eigenvalue weighted by atomic mass is 16.5. The van der Waals surface area contributed by atoms with Crippen LogP contribution in [0.3, 0.4) is 0 Å². The molecule has 3 rings (SSSR count). The molecule has 23 heavy (non-hydrogen) atoms. The van der Waals surface area contributed by atoms with Crippen molar-refractivity contribution in [2.24, 2.45) is 0 Å². The zero-order valence-corrected chi connectivity index (χ0v) is 13.8. The van der Waals surface area contributed by atoms with Gasteiger partial charge in [-0.3, -0.25) is 4.79 Å². The van der Waals surface area contributed by atoms with E-state index in [-0.39, 0.29) is 5.91 Å². The molecule has 0 spiro atoms. The Bertz CT molecular complexity index is 709. The first-order valence-corrected chi connectivity index (χ1v) is 8.20. The molecule has 3 heteroatoms. The van der Waals surface area contributed by atoms with Crippen LogP contribution in [0, 0.1) is 6.92 Å². The predicted octanol–water partition coefficient (Wildman–Crippen LogP) is 3.92. The average molecular weight is 309 g/mol. The van der Waals surface area contributed by atoms with Gasteiger partial charge in [0, 0.05) is 18.7 Å². The number of hydrogen-bond donors (Lipinski definition) is 0. The Morgan fingerprint density at radius 3 is 2.91 bits per heavy atom. The minimum atomic E-state index is 0.206. The molecule has 0 radical (unpaired) electrons. The molecule has 0 N–H and O–H groups in total. The van der Waals surface area contributed by atoms with Gasteiger partial charge in [0.2, 0.25) is 5.91 Å². The number of anilines is 1. The molecule has 0 atom stereocenters. The summed E-state index contributed by atoms with van der Waals surface area (Å²) in [6, 6.07) is 14.3. The maximum Gasteiger partial charge on any atom is 0.227 e. The summed E-state index contributed by atoms with van der Waals surface area (Å²) < 4.78 is 5.24. The van der Waals surface area contributed by atoms with Gasteiger partial charge in [-0.25, -0.2) is 0 Å². The first kappa shape index (κ1) is 15.6. The summed E-state index contributed by atoms with van der Waals surface area (Å²) >= 11 is 0. The SMILES string of the molecule is COc1cccc(CCC(=O)N2CCCc3cc(C)ccc32)c1. The van der Waals surface area contributed by atoms with E-state index in [2.05, 4.69) is 25.1 Å².